The average molecular weight is 547 g/mol. The molecular weight excluding hydrogens is 527 g/mol. The lowest BCUT2D eigenvalue weighted by atomic mass is 10.2. The Bertz CT molecular complexity index is 1460. The normalized spacial score (nSPS) is 10.8. The lowest BCUT2D eigenvalue weighted by Gasteiger charge is -2.09. The Balaban J connectivity index is 1.15. The van der Waals surface area contributed by atoms with Crippen molar-refractivity contribution in [1.29, 1.82) is 0 Å². The van der Waals surface area contributed by atoms with Crippen molar-refractivity contribution in [1.82, 2.24) is 30.0 Å². The molecule has 0 saturated heterocycles. The summed E-state index contributed by atoms with van der Waals surface area (Å²) in [5.41, 5.74) is 4.00. The van der Waals surface area contributed by atoms with Crippen LogP contribution in [0.15, 0.2) is 85.2 Å². The fraction of sp³-hybridized carbons (Fsp3) is 0.0769. The molecule has 0 spiro atoms. The summed E-state index contributed by atoms with van der Waals surface area (Å²) in [4.78, 5) is 25.1. The number of halogens is 2. The second-order valence-electron chi connectivity index (χ2n) is 8.29. The van der Waals surface area contributed by atoms with E-state index in [0.29, 0.717) is 32.8 Å². The van der Waals surface area contributed by atoms with Crippen molar-refractivity contribution in [3.8, 4) is 22.5 Å². The van der Waals surface area contributed by atoms with Gasteiger partial charge in [0.15, 0.2) is 0 Å². The summed E-state index contributed by atoms with van der Waals surface area (Å²) >= 11 is 11.8. The van der Waals surface area contributed by atoms with Crippen LogP contribution in [0, 0.1) is 0 Å². The lowest BCUT2D eigenvalue weighted by molar-refractivity contribution is -0.117. The van der Waals surface area contributed by atoms with Crippen molar-refractivity contribution in [2.24, 2.45) is 0 Å². The van der Waals surface area contributed by atoms with Gasteiger partial charge in [-0.3, -0.25) is 9.59 Å². The first kappa shape index (κ1) is 25.1. The van der Waals surface area contributed by atoms with Gasteiger partial charge in [-0.25, -0.2) is 9.36 Å². The number of benzene rings is 3. The number of anilines is 2. The standard InChI is InChI=1S/C26H20Cl2N8O2/c27-19-8-4-17(5-9-19)23-13-35(33-31-23)15-25(37)29-21-2-1-3-22(12-21)30-26(38)16-36-14-24(32-34-36)18-6-10-20(28)11-7-18/h1-14H,15-16H2,(H,29,37)(H,30,38). The highest BCUT2D eigenvalue weighted by Gasteiger charge is 2.11. The first-order valence-corrected chi connectivity index (χ1v) is 12.2. The molecule has 12 heteroatoms. The van der Waals surface area contributed by atoms with Crippen LogP contribution in [0.2, 0.25) is 10.0 Å². The second-order valence-corrected chi connectivity index (χ2v) is 9.17. The minimum absolute atomic E-state index is 0.0283. The van der Waals surface area contributed by atoms with Gasteiger partial charge in [0.1, 0.15) is 24.5 Å². The third kappa shape index (κ3) is 6.41. The zero-order chi connectivity index (χ0) is 26.5. The van der Waals surface area contributed by atoms with Gasteiger partial charge < -0.3 is 10.6 Å². The maximum atomic E-state index is 12.6. The molecule has 2 amide bonds. The number of hydrogen-bond acceptors (Lipinski definition) is 6. The van der Waals surface area contributed by atoms with Crippen molar-refractivity contribution in [2.75, 3.05) is 10.6 Å². The van der Waals surface area contributed by atoms with E-state index in [0.717, 1.165) is 11.1 Å². The van der Waals surface area contributed by atoms with Gasteiger partial charge >= 0.3 is 0 Å². The van der Waals surface area contributed by atoms with Crippen LogP contribution in [-0.4, -0.2) is 41.8 Å². The summed E-state index contributed by atoms with van der Waals surface area (Å²) in [5.74, 6) is -0.586. The molecule has 0 atom stereocenters. The van der Waals surface area contributed by atoms with E-state index >= 15 is 0 Å². The van der Waals surface area contributed by atoms with Crippen LogP contribution >= 0.6 is 23.2 Å². The SMILES string of the molecule is O=C(Cn1cc(-c2ccc(Cl)cc2)nn1)Nc1cccc(NC(=O)Cn2cc(-c3ccc(Cl)cc3)nn2)c1. The van der Waals surface area contributed by atoms with Crippen molar-refractivity contribution < 1.29 is 9.59 Å². The van der Waals surface area contributed by atoms with Crippen molar-refractivity contribution in [3.05, 3.63) is 95.2 Å². The van der Waals surface area contributed by atoms with E-state index < -0.39 is 0 Å². The van der Waals surface area contributed by atoms with E-state index in [2.05, 4.69) is 31.3 Å². The molecule has 38 heavy (non-hydrogen) atoms. The third-order valence-electron chi connectivity index (χ3n) is 5.40. The summed E-state index contributed by atoms with van der Waals surface area (Å²) in [5, 5.41) is 23.1. The minimum Gasteiger partial charge on any atom is -0.324 e. The Labute approximate surface area is 227 Å². The van der Waals surface area contributed by atoms with Gasteiger partial charge in [-0.2, -0.15) is 0 Å². The van der Waals surface area contributed by atoms with E-state index in [4.69, 9.17) is 23.2 Å². The maximum absolute atomic E-state index is 12.6. The molecular formula is C26H20Cl2N8O2. The van der Waals surface area contributed by atoms with E-state index in [1.54, 1.807) is 60.9 Å². The number of carbonyl (C=O) groups excluding carboxylic acids is 2. The number of hydrogen-bond donors (Lipinski definition) is 2. The van der Waals surface area contributed by atoms with Gasteiger partial charge in [0, 0.05) is 32.5 Å². The molecule has 0 aliphatic heterocycles. The Morgan fingerprint density at radius 1 is 0.658 bits per heavy atom. The summed E-state index contributed by atoms with van der Waals surface area (Å²) in [6, 6.07) is 21.2. The third-order valence-corrected chi connectivity index (χ3v) is 5.90. The van der Waals surface area contributed by atoms with Crippen LogP contribution in [0.25, 0.3) is 22.5 Å². The number of carbonyl (C=O) groups is 2. The number of amides is 2. The first-order chi connectivity index (χ1) is 18.4. The number of aromatic nitrogens is 6. The monoisotopic (exact) mass is 546 g/mol. The van der Waals surface area contributed by atoms with Crippen molar-refractivity contribution in [2.45, 2.75) is 13.1 Å². The summed E-state index contributed by atoms with van der Waals surface area (Å²) < 4.78 is 2.89. The number of rotatable bonds is 8. The minimum atomic E-state index is -0.293. The molecule has 10 nitrogen and oxygen atoms in total. The van der Waals surface area contributed by atoms with Gasteiger partial charge in [-0.1, -0.05) is 64.0 Å². The molecule has 2 N–H and O–H groups in total. The maximum Gasteiger partial charge on any atom is 0.246 e. The molecule has 0 radical (unpaired) electrons. The van der Waals surface area contributed by atoms with Gasteiger partial charge in [-0.05, 0) is 42.5 Å². The molecule has 5 rings (SSSR count). The van der Waals surface area contributed by atoms with Crippen LogP contribution in [0.1, 0.15) is 0 Å². The topological polar surface area (TPSA) is 120 Å². The van der Waals surface area contributed by atoms with Gasteiger partial charge in [-0.15, -0.1) is 10.2 Å². The first-order valence-electron chi connectivity index (χ1n) is 11.4. The van der Waals surface area contributed by atoms with Gasteiger partial charge in [0.2, 0.25) is 11.8 Å². The Hall–Kier alpha value is -4.54. The molecule has 0 aliphatic carbocycles. The molecule has 0 bridgehead atoms. The Morgan fingerprint density at radius 2 is 1.08 bits per heavy atom. The predicted octanol–water partition coefficient (Wildman–Crippen LogP) is 4.79. The average Bonchev–Trinajstić information content (AvgIpc) is 3.55. The fourth-order valence-electron chi connectivity index (χ4n) is 3.63. The zero-order valence-electron chi connectivity index (χ0n) is 19.8. The highest BCUT2D eigenvalue weighted by atomic mass is 35.5. The molecule has 0 unspecified atom stereocenters. The van der Waals surface area contributed by atoms with E-state index in [1.807, 2.05) is 24.3 Å². The summed E-state index contributed by atoms with van der Waals surface area (Å²) in [7, 11) is 0. The summed E-state index contributed by atoms with van der Waals surface area (Å²) in [6.07, 6.45) is 3.36. The van der Waals surface area contributed by atoms with Gasteiger partial charge in [0.05, 0.1) is 12.4 Å². The highest BCUT2D eigenvalue weighted by molar-refractivity contribution is 6.30. The second kappa shape index (κ2) is 11.2. The number of nitrogens with one attached hydrogen (secondary N) is 2. The summed E-state index contributed by atoms with van der Waals surface area (Å²) in [6.45, 7) is -0.0567. The smallest absolute Gasteiger partial charge is 0.246 e. The molecule has 3 aromatic carbocycles. The Morgan fingerprint density at radius 3 is 1.50 bits per heavy atom. The van der Waals surface area contributed by atoms with E-state index in [-0.39, 0.29) is 24.9 Å². The zero-order valence-corrected chi connectivity index (χ0v) is 21.3. The molecule has 2 aromatic heterocycles. The molecule has 5 aromatic rings. The quantitative estimate of drug-likeness (QED) is 0.288. The molecule has 190 valence electrons. The van der Waals surface area contributed by atoms with Crippen LogP contribution in [0.4, 0.5) is 11.4 Å². The van der Waals surface area contributed by atoms with Crippen LogP contribution in [0.5, 0.6) is 0 Å². The Kier molecular flexibility index (Phi) is 7.43. The molecule has 0 saturated carbocycles. The fourth-order valence-corrected chi connectivity index (χ4v) is 3.88. The number of nitrogens with zero attached hydrogens (tertiary/aromatic N) is 6. The van der Waals surface area contributed by atoms with Gasteiger partial charge in [0.25, 0.3) is 0 Å². The largest absolute Gasteiger partial charge is 0.324 e. The van der Waals surface area contributed by atoms with Crippen LogP contribution in [-0.2, 0) is 22.7 Å². The van der Waals surface area contributed by atoms with Crippen LogP contribution in [0.3, 0.4) is 0 Å². The molecule has 2 heterocycles. The van der Waals surface area contributed by atoms with E-state index in [9.17, 15) is 9.59 Å². The van der Waals surface area contributed by atoms with Crippen LogP contribution < -0.4 is 10.6 Å². The van der Waals surface area contributed by atoms with E-state index in [1.165, 1.54) is 9.36 Å². The highest BCUT2D eigenvalue weighted by Crippen LogP contribution is 2.20. The predicted molar refractivity (Wildman–Crippen MR) is 145 cm³/mol. The molecule has 0 aliphatic rings. The lowest BCUT2D eigenvalue weighted by Crippen LogP contribution is -2.20. The van der Waals surface area contributed by atoms with Crippen molar-refractivity contribution in [3.63, 3.8) is 0 Å². The van der Waals surface area contributed by atoms with Crippen molar-refractivity contribution >= 4 is 46.4 Å². The molecule has 0 fully saturated rings.